The molecular formula is C50H34N2S2. The number of rotatable bonds is 3. The number of aryl methyl sites for hydroxylation is 4. The average molecular weight is 727 g/mol. The highest BCUT2D eigenvalue weighted by atomic mass is 32.1. The first-order chi connectivity index (χ1) is 26.4. The van der Waals surface area contributed by atoms with Gasteiger partial charge in [0.2, 0.25) is 0 Å². The molecule has 256 valence electrons. The lowest BCUT2D eigenvalue weighted by Crippen LogP contribution is -1.97. The number of hydrogen-bond acceptors (Lipinski definition) is 4. The minimum Gasteiger partial charge on any atom is -0.252 e. The van der Waals surface area contributed by atoms with Crippen LogP contribution in [0.25, 0.3) is 106 Å². The Labute approximate surface area is 321 Å². The number of fused-ring (bicyclic) bond motifs is 12. The van der Waals surface area contributed by atoms with E-state index in [1.165, 1.54) is 95.6 Å². The van der Waals surface area contributed by atoms with Gasteiger partial charge in [0, 0.05) is 67.8 Å². The van der Waals surface area contributed by atoms with E-state index in [2.05, 4.69) is 155 Å². The highest BCUT2D eigenvalue weighted by Gasteiger charge is 2.23. The van der Waals surface area contributed by atoms with Gasteiger partial charge in [-0.3, -0.25) is 4.98 Å². The lowest BCUT2D eigenvalue weighted by atomic mass is 9.88. The lowest BCUT2D eigenvalue weighted by Gasteiger charge is -2.18. The summed E-state index contributed by atoms with van der Waals surface area (Å²) in [6.45, 7) is 8.82. The fourth-order valence-electron chi connectivity index (χ4n) is 8.69. The van der Waals surface area contributed by atoms with Gasteiger partial charge >= 0.3 is 0 Å². The molecule has 0 saturated heterocycles. The van der Waals surface area contributed by atoms with Crippen LogP contribution < -0.4 is 0 Å². The summed E-state index contributed by atoms with van der Waals surface area (Å²) in [5.41, 5.74) is 13.7. The second-order valence-electron chi connectivity index (χ2n) is 14.9. The van der Waals surface area contributed by atoms with Gasteiger partial charge in [-0.2, -0.15) is 0 Å². The smallest absolute Gasteiger partial charge is 0.0979 e. The second-order valence-corrected chi connectivity index (χ2v) is 17.0. The minimum absolute atomic E-state index is 0.881. The molecule has 11 aromatic rings. The SMILES string of the molecule is Cc1ccc2sc3c(-c4cccc(-c5cc(C)cc6c5sc5ccc(C)cc56)c4-c4cnc5c6ccccc6c6ccccc6c5n4)cc(C)cc3c2c1. The van der Waals surface area contributed by atoms with Gasteiger partial charge < -0.3 is 0 Å². The maximum atomic E-state index is 5.65. The number of aromatic nitrogens is 2. The highest BCUT2D eigenvalue weighted by molar-refractivity contribution is 7.26. The molecule has 0 aliphatic carbocycles. The van der Waals surface area contributed by atoms with Crippen LogP contribution in [0.15, 0.2) is 134 Å². The first-order valence-electron chi connectivity index (χ1n) is 18.5. The first kappa shape index (κ1) is 31.6. The molecule has 0 spiro atoms. The van der Waals surface area contributed by atoms with Crippen molar-refractivity contribution in [3.63, 3.8) is 0 Å². The van der Waals surface area contributed by atoms with Crippen LogP contribution in [0.4, 0.5) is 0 Å². The number of hydrogen-bond donors (Lipinski definition) is 0. The van der Waals surface area contributed by atoms with E-state index in [-0.39, 0.29) is 0 Å². The third-order valence-electron chi connectivity index (χ3n) is 11.1. The zero-order chi connectivity index (χ0) is 36.2. The standard InChI is InChI=1S/C50H34N2S2/c1-27-16-18-44-37(20-27)41-24-29(3)22-39(49(41)53-44)33-14-9-15-34(40-23-30(4)25-42-38-21-28(2)17-19-45(38)54-50(40)42)46(33)43-26-51-47-35-12-7-5-10-31(35)32-11-6-8-13-36(32)48(47)52-43/h5-26H,1-4H3. The van der Waals surface area contributed by atoms with Gasteiger partial charge in [0.1, 0.15) is 0 Å². The Kier molecular flexibility index (Phi) is 6.89. The largest absolute Gasteiger partial charge is 0.252 e. The van der Waals surface area contributed by atoms with Crippen molar-refractivity contribution in [2.45, 2.75) is 27.7 Å². The topological polar surface area (TPSA) is 25.8 Å². The molecule has 3 heterocycles. The van der Waals surface area contributed by atoms with E-state index < -0.39 is 0 Å². The number of benzene rings is 8. The molecular weight excluding hydrogens is 693 g/mol. The molecule has 0 aliphatic heterocycles. The van der Waals surface area contributed by atoms with E-state index in [0.29, 0.717) is 0 Å². The van der Waals surface area contributed by atoms with E-state index in [0.717, 1.165) is 33.1 Å². The fourth-order valence-corrected chi connectivity index (χ4v) is 11.1. The van der Waals surface area contributed by atoms with Crippen LogP contribution in [0.1, 0.15) is 22.3 Å². The summed E-state index contributed by atoms with van der Waals surface area (Å²) < 4.78 is 5.22. The Morgan fingerprint density at radius 2 is 0.870 bits per heavy atom. The second kappa shape index (κ2) is 11.8. The Bertz CT molecular complexity index is 3200. The van der Waals surface area contributed by atoms with Gasteiger partial charge in [0.15, 0.2) is 0 Å². The molecule has 0 aliphatic rings. The Morgan fingerprint density at radius 3 is 1.41 bits per heavy atom. The predicted molar refractivity (Wildman–Crippen MR) is 236 cm³/mol. The molecule has 0 amide bonds. The van der Waals surface area contributed by atoms with Gasteiger partial charge in [-0.05, 0) is 109 Å². The van der Waals surface area contributed by atoms with Crippen molar-refractivity contribution in [3.05, 3.63) is 156 Å². The fraction of sp³-hybridized carbons (Fsp3) is 0.0800. The highest BCUT2D eigenvalue weighted by Crippen LogP contribution is 2.49. The van der Waals surface area contributed by atoms with Crippen LogP contribution in [-0.2, 0) is 0 Å². The Balaban J connectivity index is 1.29. The third-order valence-corrected chi connectivity index (χ3v) is 13.5. The van der Waals surface area contributed by atoms with Crippen molar-refractivity contribution in [3.8, 4) is 33.5 Å². The van der Waals surface area contributed by atoms with Crippen LogP contribution in [0.2, 0.25) is 0 Å². The molecule has 0 radical (unpaired) electrons. The van der Waals surface area contributed by atoms with Gasteiger partial charge in [0.05, 0.1) is 22.9 Å². The molecule has 4 heteroatoms. The van der Waals surface area contributed by atoms with Crippen molar-refractivity contribution in [1.29, 1.82) is 0 Å². The molecule has 2 nitrogen and oxygen atoms in total. The van der Waals surface area contributed by atoms with Gasteiger partial charge in [-0.15, -0.1) is 22.7 Å². The van der Waals surface area contributed by atoms with Crippen molar-refractivity contribution in [2.75, 3.05) is 0 Å². The zero-order valence-electron chi connectivity index (χ0n) is 30.4. The van der Waals surface area contributed by atoms with Gasteiger partial charge in [-0.1, -0.05) is 90.0 Å². The predicted octanol–water partition coefficient (Wildman–Crippen LogP) is 14.9. The molecule has 0 N–H and O–H groups in total. The number of thiophene rings is 2. The van der Waals surface area contributed by atoms with Crippen LogP contribution in [0.5, 0.6) is 0 Å². The molecule has 11 rings (SSSR count). The van der Waals surface area contributed by atoms with Gasteiger partial charge in [-0.25, -0.2) is 4.98 Å². The van der Waals surface area contributed by atoms with E-state index in [1.54, 1.807) is 0 Å². The van der Waals surface area contributed by atoms with E-state index in [1.807, 2.05) is 28.9 Å². The van der Waals surface area contributed by atoms with Crippen molar-refractivity contribution >= 4 is 95.6 Å². The summed E-state index contributed by atoms with van der Waals surface area (Å²) in [4.78, 5) is 11.0. The maximum Gasteiger partial charge on any atom is 0.0979 e. The Morgan fingerprint density at radius 1 is 0.389 bits per heavy atom. The van der Waals surface area contributed by atoms with Crippen LogP contribution in [0.3, 0.4) is 0 Å². The molecule has 8 aromatic carbocycles. The number of nitrogens with zero attached hydrogens (tertiary/aromatic N) is 2. The molecule has 0 fully saturated rings. The van der Waals surface area contributed by atoms with Crippen molar-refractivity contribution in [2.24, 2.45) is 0 Å². The lowest BCUT2D eigenvalue weighted by molar-refractivity contribution is 1.31. The molecule has 0 atom stereocenters. The van der Waals surface area contributed by atoms with E-state index in [9.17, 15) is 0 Å². The molecule has 54 heavy (non-hydrogen) atoms. The van der Waals surface area contributed by atoms with Gasteiger partial charge in [0.25, 0.3) is 0 Å². The summed E-state index contributed by atoms with van der Waals surface area (Å²) in [5.74, 6) is 0. The normalized spacial score (nSPS) is 12.1. The molecule has 0 saturated carbocycles. The van der Waals surface area contributed by atoms with Crippen LogP contribution >= 0.6 is 22.7 Å². The molecule has 0 bridgehead atoms. The third kappa shape index (κ3) is 4.70. The summed E-state index contributed by atoms with van der Waals surface area (Å²) in [6.07, 6.45) is 2.02. The zero-order valence-corrected chi connectivity index (χ0v) is 32.0. The quantitative estimate of drug-likeness (QED) is 0.169. The monoisotopic (exact) mass is 726 g/mol. The minimum atomic E-state index is 0.881. The molecule has 3 aromatic heterocycles. The Hall–Kier alpha value is -5.94. The summed E-state index contributed by atoms with van der Waals surface area (Å²) in [6, 6.07) is 47.2. The summed E-state index contributed by atoms with van der Waals surface area (Å²) in [7, 11) is 0. The van der Waals surface area contributed by atoms with Crippen molar-refractivity contribution < 1.29 is 0 Å². The van der Waals surface area contributed by atoms with E-state index in [4.69, 9.17) is 9.97 Å². The maximum absolute atomic E-state index is 5.65. The van der Waals surface area contributed by atoms with Crippen molar-refractivity contribution in [1.82, 2.24) is 9.97 Å². The molecule has 0 unspecified atom stereocenters. The van der Waals surface area contributed by atoms with E-state index >= 15 is 0 Å². The summed E-state index contributed by atoms with van der Waals surface area (Å²) >= 11 is 3.77. The summed E-state index contributed by atoms with van der Waals surface area (Å²) in [5, 5.41) is 9.91. The average Bonchev–Trinajstić information content (AvgIpc) is 3.74. The first-order valence-corrected chi connectivity index (χ1v) is 20.1. The van der Waals surface area contributed by atoms with Crippen LogP contribution in [-0.4, -0.2) is 9.97 Å². The van der Waals surface area contributed by atoms with Crippen LogP contribution in [0, 0.1) is 27.7 Å².